The van der Waals surface area contributed by atoms with E-state index < -0.39 is 5.97 Å². The molecule has 0 unspecified atom stereocenters. The summed E-state index contributed by atoms with van der Waals surface area (Å²) in [6.07, 6.45) is 0.342. The molecule has 0 aromatic heterocycles. The SMILES string of the molecule is CC(=O)CCC(=O)Nc1ccc(C(=O)O)cc1. The van der Waals surface area contributed by atoms with Crippen LogP contribution >= 0.6 is 0 Å². The highest BCUT2D eigenvalue weighted by atomic mass is 16.4. The topological polar surface area (TPSA) is 83.5 Å². The first kappa shape index (κ1) is 12.9. The minimum absolute atomic E-state index is 0.0404. The van der Waals surface area contributed by atoms with E-state index in [4.69, 9.17) is 5.11 Å². The quantitative estimate of drug-likeness (QED) is 0.813. The Kier molecular flexibility index (Phi) is 4.39. The summed E-state index contributed by atoms with van der Waals surface area (Å²) >= 11 is 0. The summed E-state index contributed by atoms with van der Waals surface area (Å²) in [5, 5.41) is 11.3. The van der Waals surface area contributed by atoms with Crippen LogP contribution in [0.2, 0.25) is 0 Å². The minimum Gasteiger partial charge on any atom is -0.478 e. The summed E-state index contributed by atoms with van der Waals surface area (Å²) in [6, 6.07) is 5.83. The lowest BCUT2D eigenvalue weighted by atomic mass is 10.2. The van der Waals surface area contributed by atoms with Crippen LogP contribution in [0, 0.1) is 0 Å². The molecule has 0 radical (unpaired) electrons. The molecule has 0 heterocycles. The predicted octanol–water partition coefficient (Wildman–Crippen LogP) is 1.69. The molecule has 0 fully saturated rings. The van der Waals surface area contributed by atoms with Crippen LogP contribution in [-0.2, 0) is 9.59 Å². The zero-order valence-corrected chi connectivity index (χ0v) is 9.40. The van der Waals surface area contributed by atoms with Crippen molar-refractivity contribution < 1.29 is 19.5 Å². The number of ketones is 1. The molecule has 1 aromatic carbocycles. The van der Waals surface area contributed by atoms with E-state index in [2.05, 4.69) is 5.32 Å². The Morgan fingerprint density at radius 3 is 2.18 bits per heavy atom. The Morgan fingerprint density at radius 1 is 1.12 bits per heavy atom. The van der Waals surface area contributed by atoms with Gasteiger partial charge in [-0.2, -0.15) is 0 Å². The van der Waals surface area contributed by atoms with E-state index in [1.807, 2.05) is 0 Å². The summed E-state index contributed by atoms with van der Waals surface area (Å²) in [6.45, 7) is 1.43. The van der Waals surface area contributed by atoms with Gasteiger partial charge in [0.25, 0.3) is 0 Å². The van der Waals surface area contributed by atoms with E-state index in [0.29, 0.717) is 5.69 Å². The van der Waals surface area contributed by atoms with E-state index in [1.165, 1.54) is 31.2 Å². The molecule has 2 N–H and O–H groups in total. The number of rotatable bonds is 5. The number of carbonyl (C=O) groups excluding carboxylic acids is 2. The molecule has 1 amide bonds. The van der Waals surface area contributed by atoms with E-state index in [0.717, 1.165) is 0 Å². The molecule has 0 aliphatic carbocycles. The number of nitrogens with one attached hydrogen (secondary N) is 1. The molecular weight excluding hydrogens is 222 g/mol. The number of aromatic carboxylic acids is 1. The first-order valence-electron chi connectivity index (χ1n) is 5.11. The van der Waals surface area contributed by atoms with Crippen LogP contribution in [0.1, 0.15) is 30.1 Å². The van der Waals surface area contributed by atoms with Crippen LogP contribution in [0.3, 0.4) is 0 Å². The second kappa shape index (κ2) is 5.79. The van der Waals surface area contributed by atoms with Gasteiger partial charge in [0.1, 0.15) is 5.78 Å². The van der Waals surface area contributed by atoms with Crippen LogP contribution in [0.5, 0.6) is 0 Å². The second-order valence-electron chi connectivity index (χ2n) is 3.63. The molecule has 5 nitrogen and oxygen atoms in total. The molecule has 0 saturated heterocycles. The molecule has 0 atom stereocenters. The molecule has 0 aliphatic rings. The number of carboxylic acid groups (broad SMARTS) is 1. The fraction of sp³-hybridized carbons (Fsp3) is 0.250. The first-order chi connectivity index (χ1) is 7.99. The number of hydrogen-bond acceptors (Lipinski definition) is 3. The summed E-state index contributed by atoms with van der Waals surface area (Å²) < 4.78 is 0. The van der Waals surface area contributed by atoms with Crippen molar-refractivity contribution in [1.29, 1.82) is 0 Å². The van der Waals surface area contributed by atoms with Crippen LogP contribution in [0.15, 0.2) is 24.3 Å². The van der Waals surface area contributed by atoms with Crippen molar-refractivity contribution >= 4 is 23.3 Å². The van der Waals surface area contributed by atoms with Crippen molar-refractivity contribution in [2.45, 2.75) is 19.8 Å². The Balaban J connectivity index is 2.54. The highest BCUT2D eigenvalue weighted by molar-refractivity contribution is 5.94. The van der Waals surface area contributed by atoms with E-state index in [9.17, 15) is 14.4 Å². The number of hydrogen-bond donors (Lipinski definition) is 2. The largest absolute Gasteiger partial charge is 0.478 e. The lowest BCUT2D eigenvalue weighted by molar-refractivity contribution is -0.121. The Bertz CT molecular complexity index is 436. The Morgan fingerprint density at radius 2 is 1.71 bits per heavy atom. The van der Waals surface area contributed by atoms with E-state index >= 15 is 0 Å². The van der Waals surface area contributed by atoms with Gasteiger partial charge in [0.15, 0.2) is 0 Å². The molecule has 1 rings (SSSR count). The second-order valence-corrected chi connectivity index (χ2v) is 3.63. The lowest BCUT2D eigenvalue weighted by Crippen LogP contribution is -2.12. The fourth-order valence-electron chi connectivity index (χ4n) is 1.21. The highest BCUT2D eigenvalue weighted by Gasteiger charge is 2.05. The van der Waals surface area contributed by atoms with Gasteiger partial charge in [0.05, 0.1) is 5.56 Å². The molecular formula is C12H13NO4. The average Bonchev–Trinajstić information content (AvgIpc) is 2.27. The molecule has 17 heavy (non-hydrogen) atoms. The van der Waals surface area contributed by atoms with Gasteiger partial charge in [0.2, 0.25) is 5.91 Å². The Labute approximate surface area is 98.4 Å². The Hall–Kier alpha value is -2.17. The summed E-state index contributed by atoms with van der Waals surface area (Å²) in [5.74, 6) is -1.32. The zero-order valence-electron chi connectivity index (χ0n) is 9.40. The van der Waals surface area contributed by atoms with Gasteiger partial charge in [-0.05, 0) is 31.2 Å². The maximum absolute atomic E-state index is 11.4. The van der Waals surface area contributed by atoms with Crippen molar-refractivity contribution in [3.63, 3.8) is 0 Å². The average molecular weight is 235 g/mol. The smallest absolute Gasteiger partial charge is 0.335 e. The van der Waals surface area contributed by atoms with Gasteiger partial charge in [-0.3, -0.25) is 4.79 Å². The number of carboxylic acids is 1. The van der Waals surface area contributed by atoms with Crippen molar-refractivity contribution in [2.24, 2.45) is 0 Å². The fourth-order valence-corrected chi connectivity index (χ4v) is 1.21. The lowest BCUT2D eigenvalue weighted by Gasteiger charge is -2.04. The van der Waals surface area contributed by atoms with Crippen molar-refractivity contribution in [3.8, 4) is 0 Å². The number of carbonyl (C=O) groups is 3. The van der Waals surface area contributed by atoms with Gasteiger partial charge < -0.3 is 15.2 Å². The van der Waals surface area contributed by atoms with E-state index in [-0.39, 0.29) is 30.1 Å². The van der Waals surface area contributed by atoms with Crippen molar-refractivity contribution in [3.05, 3.63) is 29.8 Å². The number of Topliss-reactive ketones (excluding diaryl/α,β-unsaturated/α-hetero) is 1. The maximum atomic E-state index is 11.4. The third-order valence-corrected chi connectivity index (χ3v) is 2.12. The molecule has 1 aromatic rings. The van der Waals surface area contributed by atoms with Gasteiger partial charge >= 0.3 is 5.97 Å². The minimum atomic E-state index is -1.01. The third kappa shape index (κ3) is 4.46. The van der Waals surface area contributed by atoms with Crippen molar-refractivity contribution in [1.82, 2.24) is 0 Å². The third-order valence-electron chi connectivity index (χ3n) is 2.12. The van der Waals surface area contributed by atoms with Gasteiger partial charge in [-0.25, -0.2) is 4.79 Å². The maximum Gasteiger partial charge on any atom is 0.335 e. The molecule has 0 saturated carbocycles. The normalized spacial score (nSPS) is 9.71. The van der Waals surface area contributed by atoms with Crippen molar-refractivity contribution in [2.75, 3.05) is 5.32 Å². The van der Waals surface area contributed by atoms with Crippen LogP contribution in [0.4, 0.5) is 5.69 Å². The molecule has 0 bridgehead atoms. The van der Waals surface area contributed by atoms with E-state index in [1.54, 1.807) is 0 Å². The number of amides is 1. The summed E-state index contributed by atoms with van der Waals surface area (Å²) in [7, 11) is 0. The van der Waals surface area contributed by atoms with Gasteiger partial charge in [-0.1, -0.05) is 0 Å². The van der Waals surface area contributed by atoms with Crippen LogP contribution < -0.4 is 5.32 Å². The first-order valence-corrected chi connectivity index (χ1v) is 5.11. The molecule has 0 spiro atoms. The van der Waals surface area contributed by atoms with Crippen LogP contribution in [-0.4, -0.2) is 22.8 Å². The molecule has 5 heteroatoms. The highest BCUT2D eigenvalue weighted by Crippen LogP contribution is 2.10. The molecule has 0 aliphatic heterocycles. The summed E-state index contributed by atoms with van der Waals surface area (Å²) in [4.78, 5) is 32.6. The summed E-state index contributed by atoms with van der Waals surface area (Å²) in [5.41, 5.74) is 0.676. The number of benzene rings is 1. The standard InChI is InChI=1S/C12H13NO4/c1-8(14)2-7-11(15)13-10-5-3-9(4-6-10)12(16)17/h3-6H,2,7H2,1H3,(H,13,15)(H,16,17). The monoisotopic (exact) mass is 235 g/mol. The van der Waals surface area contributed by atoms with Crippen LogP contribution in [0.25, 0.3) is 0 Å². The van der Waals surface area contributed by atoms with Gasteiger partial charge in [-0.15, -0.1) is 0 Å². The predicted molar refractivity (Wildman–Crippen MR) is 61.9 cm³/mol. The zero-order chi connectivity index (χ0) is 12.8. The van der Waals surface area contributed by atoms with Gasteiger partial charge in [0, 0.05) is 18.5 Å². The molecule has 90 valence electrons. The number of anilines is 1.